The van der Waals surface area contributed by atoms with Gasteiger partial charge in [-0.1, -0.05) is 51.5 Å². The van der Waals surface area contributed by atoms with Gasteiger partial charge in [0, 0.05) is 17.7 Å². The van der Waals surface area contributed by atoms with Crippen LogP contribution in [0, 0.1) is 11.3 Å². The Morgan fingerprint density at radius 1 is 1.05 bits per heavy atom. The molecule has 2 saturated carbocycles. The van der Waals surface area contributed by atoms with Crippen LogP contribution in [0.25, 0.3) is 0 Å². The monoisotopic (exact) mass is 592 g/mol. The molecule has 1 aromatic heterocycles. The molecule has 1 aromatic carbocycles. The molecule has 2 heterocycles. The summed E-state index contributed by atoms with van der Waals surface area (Å²) in [6, 6.07) is 9.00. The van der Waals surface area contributed by atoms with E-state index in [0.717, 1.165) is 36.8 Å². The Morgan fingerprint density at radius 2 is 1.74 bits per heavy atom. The first-order chi connectivity index (χ1) is 20.5. The minimum atomic E-state index is -0.880. The molecule has 8 nitrogen and oxygen atoms in total. The van der Waals surface area contributed by atoms with Crippen molar-refractivity contribution in [3.63, 3.8) is 0 Å². The van der Waals surface area contributed by atoms with Crippen LogP contribution in [0.4, 0.5) is 4.79 Å². The maximum atomic E-state index is 14.0. The Labute approximate surface area is 256 Å². The fourth-order valence-corrected chi connectivity index (χ4v) is 6.85. The summed E-state index contributed by atoms with van der Waals surface area (Å²) in [5.74, 6) is 0.657. The van der Waals surface area contributed by atoms with Gasteiger partial charge in [-0.25, -0.2) is 14.6 Å². The van der Waals surface area contributed by atoms with Crippen LogP contribution in [0.15, 0.2) is 36.5 Å². The van der Waals surface area contributed by atoms with Gasteiger partial charge in [-0.2, -0.15) is 0 Å². The minimum absolute atomic E-state index is 0.213. The first-order valence-corrected chi connectivity index (χ1v) is 15.9. The SMILES string of the molecule is CCOC(=O)[C@@H]1[C@@H](C(C)(C)C)[C@H](OCc2cc(C3CCC3)cnc2OC)[C@H](c2ccccc2C2CC2)N1C(=O)OC(C)C. The van der Waals surface area contributed by atoms with E-state index in [9.17, 15) is 9.59 Å². The molecule has 1 aliphatic heterocycles. The lowest BCUT2D eigenvalue weighted by atomic mass is 9.73. The van der Waals surface area contributed by atoms with E-state index in [-0.39, 0.29) is 25.2 Å². The Bertz CT molecular complexity index is 1300. The third kappa shape index (κ3) is 6.54. The quantitative estimate of drug-likeness (QED) is 0.267. The van der Waals surface area contributed by atoms with E-state index in [4.69, 9.17) is 18.9 Å². The zero-order chi connectivity index (χ0) is 30.9. The maximum absolute atomic E-state index is 14.0. The highest BCUT2D eigenvalue weighted by atomic mass is 16.6. The zero-order valence-corrected chi connectivity index (χ0v) is 26.8. The van der Waals surface area contributed by atoms with Crippen LogP contribution in [0.3, 0.4) is 0 Å². The van der Waals surface area contributed by atoms with Gasteiger partial charge in [0.2, 0.25) is 5.88 Å². The Kier molecular flexibility index (Phi) is 9.35. The molecular formula is C35H48N2O6. The number of benzene rings is 1. The fourth-order valence-electron chi connectivity index (χ4n) is 6.85. The summed E-state index contributed by atoms with van der Waals surface area (Å²) in [4.78, 5) is 34.1. The van der Waals surface area contributed by atoms with Gasteiger partial charge in [0.15, 0.2) is 0 Å². The smallest absolute Gasteiger partial charge is 0.411 e. The minimum Gasteiger partial charge on any atom is -0.481 e. The van der Waals surface area contributed by atoms with Crippen LogP contribution < -0.4 is 4.74 Å². The molecule has 2 aliphatic carbocycles. The van der Waals surface area contributed by atoms with Crippen LogP contribution in [0.5, 0.6) is 5.88 Å². The van der Waals surface area contributed by atoms with Crippen molar-refractivity contribution in [2.75, 3.05) is 13.7 Å². The first kappa shape index (κ1) is 31.3. The Hall–Kier alpha value is -3.13. The summed E-state index contributed by atoms with van der Waals surface area (Å²) < 4.78 is 24.1. The van der Waals surface area contributed by atoms with Crippen molar-refractivity contribution < 1.29 is 28.5 Å². The van der Waals surface area contributed by atoms with Gasteiger partial charge in [0.05, 0.1) is 38.6 Å². The summed E-state index contributed by atoms with van der Waals surface area (Å²) in [5, 5.41) is 0. The average Bonchev–Trinajstić information content (AvgIpc) is 3.70. The highest BCUT2D eigenvalue weighted by Gasteiger charge is 2.60. The normalized spacial score (nSPS) is 24.1. The number of hydrogen-bond donors (Lipinski definition) is 0. The first-order valence-electron chi connectivity index (χ1n) is 15.9. The number of rotatable bonds is 10. The summed E-state index contributed by atoms with van der Waals surface area (Å²) in [5.41, 5.74) is 3.85. The van der Waals surface area contributed by atoms with Crippen molar-refractivity contribution in [1.29, 1.82) is 0 Å². The molecule has 4 atom stereocenters. The number of hydrogen-bond acceptors (Lipinski definition) is 7. The third-order valence-corrected chi connectivity index (χ3v) is 9.16. The zero-order valence-electron chi connectivity index (χ0n) is 26.8. The molecule has 1 amide bonds. The van der Waals surface area contributed by atoms with E-state index in [1.807, 2.05) is 32.2 Å². The van der Waals surface area contributed by atoms with E-state index in [1.54, 1.807) is 18.9 Å². The van der Waals surface area contributed by atoms with Crippen molar-refractivity contribution in [3.05, 3.63) is 58.8 Å². The average molecular weight is 593 g/mol. The van der Waals surface area contributed by atoms with Crippen LogP contribution in [-0.2, 0) is 25.6 Å². The number of carbonyl (C=O) groups excluding carboxylic acids is 2. The highest BCUT2D eigenvalue weighted by molar-refractivity contribution is 5.83. The van der Waals surface area contributed by atoms with E-state index < -0.39 is 35.7 Å². The van der Waals surface area contributed by atoms with Gasteiger partial charge in [0.1, 0.15) is 6.04 Å². The number of nitrogens with zero attached hydrogens (tertiary/aromatic N) is 2. The van der Waals surface area contributed by atoms with E-state index >= 15 is 0 Å². The maximum Gasteiger partial charge on any atom is 0.411 e. The topological polar surface area (TPSA) is 87.2 Å². The number of amides is 1. The molecule has 5 rings (SSSR count). The lowest BCUT2D eigenvalue weighted by molar-refractivity contribution is -0.151. The molecule has 8 heteroatoms. The molecule has 0 unspecified atom stereocenters. The van der Waals surface area contributed by atoms with Crippen molar-refractivity contribution >= 4 is 12.1 Å². The van der Waals surface area contributed by atoms with E-state index in [1.165, 1.54) is 17.5 Å². The van der Waals surface area contributed by atoms with Gasteiger partial charge >= 0.3 is 12.1 Å². The number of aromatic nitrogens is 1. The standard InChI is InChI=1S/C35H48N2O6/c1-8-41-33(38)30-28(35(4,5)6)31(42-20-25-18-24(22-12-11-13-22)19-36-32(25)40-7)29(37(30)34(39)43-21(2)3)27-15-10-9-14-26(27)23-16-17-23/h9-10,14-15,18-19,21-23,28-31H,8,11-13,16-17,20H2,1-7H3/t28-,29+,30+,31+/m1/s1. The molecular weight excluding hydrogens is 544 g/mol. The molecule has 0 N–H and O–H groups in total. The number of likely N-dealkylation sites (tertiary alicyclic amines) is 1. The molecule has 3 aliphatic rings. The van der Waals surface area contributed by atoms with Gasteiger partial charge in [-0.15, -0.1) is 0 Å². The molecule has 3 fully saturated rings. The number of ether oxygens (including phenoxy) is 4. The summed E-state index contributed by atoms with van der Waals surface area (Å²) in [7, 11) is 1.62. The molecule has 0 radical (unpaired) electrons. The highest BCUT2D eigenvalue weighted by Crippen LogP contribution is 2.53. The molecule has 234 valence electrons. The van der Waals surface area contributed by atoms with Gasteiger partial charge in [-0.3, -0.25) is 4.90 Å². The predicted molar refractivity (Wildman–Crippen MR) is 164 cm³/mol. The number of methoxy groups -OCH3 is 1. The number of esters is 1. The van der Waals surface area contributed by atoms with Gasteiger partial charge < -0.3 is 18.9 Å². The lowest BCUT2D eigenvalue weighted by Gasteiger charge is -2.35. The second kappa shape index (κ2) is 12.8. The Morgan fingerprint density at radius 3 is 2.30 bits per heavy atom. The molecule has 0 bridgehead atoms. The number of pyridine rings is 1. The van der Waals surface area contributed by atoms with Crippen molar-refractivity contribution in [3.8, 4) is 5.88 Å². The summed E-state index contributed by atoms with van der Waals surface area (Å²) in [6.45, 7) is 12.2. The van der Waals surface area contributed by atoms with Gasteiger partial charge in [-0.05, 0) is 86.5 Å². The molecule has 1 saturated heterocycles. The van der Waals surface area contributed by atoms with Crippen LogP contribution >= 0.6 is 0 Å². The van der Waals surface area contributed by atoms with Crippen LogP contribution in [0.1, 0.15) is 114 Å². The van der Waals surface area contributed by atoms with Crippen molar-refractivity contribution in [1.82, 2.24) is 9.88 Å². The lowest BCUT2D eigenvalue weighted by Crippen LogP contribution is -2.48. The molecule has 0 spiro atoms. The summed E-state index contributed by atoms with van der Waals surface area (Å²) in [6.07, 6.45) is 6.27. The van der Waals surface area contributed by atoms with E-state index in [0.29, 0.717) is 17.7 Å². The number of carbonyl (C=O) groups is 2. The Balaban J connectivity index is 1.62. The van der Waals surface area contributed by atoms with Crippen molar-refractivity contribution in [2.45, 2.75) is 116 Å². The predicted octanol–water partition coefficient (Wildman–Crippen LogP) is 7.32. The molecule has 43 heavy (non-hydrogen) atoms. The van der Waals surface area contributed by atoms with Crippen LogP contribution in [0.2, 0.25) is 0 Å². The summed E-state index contributed by atoms with van der Waals surface area (Å²) >= 11 is 0. The molecule has 2 aromatic rings. The van der Waals surface area contributed by atoms with Crippen molar-refractivity contribution in [2.24, 2.45) is 11.3 Å². The second-order valence-electron chi connectivity index (χ2n) is 13.6. The second-order valence-corrected chi connectivity index (χ2v) is 13.6. The van der Waals surface area contributed by atoms with Crippen LogP contribution in [-0.4, -0.2) is 53.9 Å². The fraction of sp³-hybridized carbons (Fsp3) is 0.629. The van der Waals surface area contributed by atoms with Gasteiger partial charge in [0.25, 0.3) is 0 Å². The largest absolute Gasteiger partial charge is 0.481 e. The third-order valence-electron chi connectivity index (χ3n) is 9.16. The van der Waals surface area contributed by atoms with E-state index in [2.05, 4.69) is 44.0 Å².